The summed E-state index contributed by atoms with van der Waals surface area (Å²) in [7, 11) is 0. The quantitative estimate of drug-likeness (QED) is 0.631. The molecule has 0 aliphatic heterocycles. The van der Waals surface area contributed by atoms with E-state index in [1.807, 2.05) is 6.07 Å². The topological polar surface area (TPSA) is 0 Å². The van der Waals surface area contributed by atoms with Gasteiger partial charge in [-0.3, -0.25) is 0 Å². The molecule has 0 nitrogen and oxygen atoms in total. The average Bonchev–Trinajstić information content (AvgIpc) is 1.94. The highest BCUT2D eigenvalue weighted by Gasteiger charge is 2.12. The molecule has 0 fully saturated rings. The van der Waals surface area contributed by atoms with Crippen LogP contribution < -0.4 is 0 Å². The molecule has 0 aliphatic carbocycles. The summed E-state index contributed by atoms with van der Waals surface area (Å²) in [5.74, 6) is -0.351. The highest BCUT2D eigenvalue weighted by Crippen LogP contribution is 2.33. The molecule has 1 aromatic carbocycles. The van der Waals surface area contributed by atoms with Crippen LogP contribution in [0.15, 0.2) is 23.1 Å². The van der Waals surface area contributed by atoms with E-state index in [2.05, 4.69) is 20.8 Å². The Morgan fingerprint density at radius 1 is 1.31 bits per heavy atom. The van der Waals surface area contributed by atoms with Gasteiger partial charge < -0.3 is 0 Å². The minimum atomic E-state index is -0.351. The summed E-state index contributed by atoms with van der Waals surface area (Å²) in [6.07, 6.45) is 0. The highest BCUT2D eigenvalue weighted by atomic mass is 35.5. The first kappa shape index (κ1) is 10.9. The predicted molar refractivity (Wildman–Crippen MR) is 57.0 cm³/mol. The van der Waals surface area contributed by atoms with Crippen molar-refractivity contribution in [3.05, 3.63) is 29.0 Å². The number of rotatable bonds is 1. The second-order valence-electron chi connectivity index (χ2n) is 3.79. The Kier molecular flexibility index (Phi) is 3.25. The van der Waals surface area contributed by atoms with Crippen molar-refractivity contribution >= 4 is 23.4 Å². The van der Waals surface area contributed by atoms with Crippen LogP contribution in [0, 0.1) is 5.82 Å². The van der Waals surface area contributed by atoms with Crippen LogP contribution in [-0.2, 0) is 0 Å². The van der Waals surface area contributed by atoms with Gasteiger partial charge in [0.05, 0.1) is 5.02 Å². The zero-order valence-electron chi connectivity index (χ0n) is 7.90. The first-order valence-corrected chi connectivity index (χ1v) is 5.22. The molecule has 0 amide bonds. The molecular weight excluding hydrogens is 207 g/mol. The fourth-order valence-corrected chi connectivity index (χ4v) is 2.02. The molecule has 0 aliphatic rings. The van der Waals surface area contributed by atoms with Crippen molar-refractivity contribution in [1.82, 2.24) is 0 Å². The Labute approximate surface area is 87.5 Å². The molecule has 0 atom stereocenters. The molecule has 0 saturated carbocycles. The third-order valence-corrected chi connectivity index (χ3v) is 2.72. The third kappa shape index (κ3) is 3.57. The molecule has 13 heavy (non-hydrogen) atoms. The molecule has 0 bridgehead atoms. The Balaban J connectivity index is 2.86. The number of thioether (sulfide) groups is 1. The van der Waals surface area contributed by atoms with Gasteiger partial charge in [0.15, 0.2) is 0 Å². The zero-order chi connectivity index (χ0) is 10.1. The van der Waals surface area contributed by atoms with Crippen molar-refractivity contribution in [3.8, 4) is 0 Å². The molecule has 0 unspecified atom stereocenters. The van der Waals surface area contributed by atoms with Gasteiger partial charge in [-0.2, -0.15) is 0 Å². The van der Waals surface area contributed by atoms with Crippen molar-refractivity contribution in [2.75, 3.05) is 0 Å². The SMILES string of the molecule is CC(C)(C)Sc1ccc(Cl)c(F)c1. The lowest BCUT2D eigenvalue weighted by Gasteiger charge is -2.17. The lowest BCUT2D eigenvalue weighted by atomic mass is 10.3. The van der Waals surface area contributed by atoms with Crippen molar-refractivity contribution < 1.29 is 4.39 Å². The van der Waals surface area contributed by atoms with Crippen LogP contribution >= 0.6 is 23.4 Å². The summed E-state index contributed by atoms with van der Waals surface area (Å²) < 4.78 is 13.1. The molecule has 0 saturated heterocycles. The summed E-state index contributed by atoms with van der Waals surface area (Å²) in [5.41, 5.74) is 0. The van der Waals surface area contributed by atoms with E-state index in [0.29, 0.717) is 0 Å². The molecule has 0 heterocycles. The molecule has 3 heteroatoms. The van der Waals surface area contributed by atoms with Crippen LogP contribution in [0.25, 0.3) is 0 Å². The second-order valence-corrected chi connectivity index (χ2v) is 6.10. The average molecular weight is 219 g/mol. The summed E-state index contributed by atoms with van der Waals surface area (Å²) in [5, 5.41) is 0.179. The molecule has 0 N–H and O–H groups in total. The zero-order valence-corrected chi connectivity index (χ0v) is 9.47. The van der Waals surface area contributed by atoms with Crippen molar-refractivity contribution in [2.45, 2.75) is 30.4 Å². The van der Waals surface area contributed by atoms with E-state index in [1.165, 1.54) is 6.07 Å². The van der Waals surface area contributed by atoms with Gasteiger partial charge in [0, 0.05) is 9.64 Å². The molecule has 0 radical (unpaired) electrons. The fourth-order valence-electron chi connectivity index (χ4n) is 0.894. The monoisotopic (exact) mass is 218 g/mol. The largest absolute Gasteiger partial charge is 0.205 e. The summed E-state index contributed by atoms with van der Waals surface area (Å²) >= 11 is 7.19. The fraction of sp³-hybridized carbons (Fsp3) is 0.400. The van der Waals surface area contributed by atoms with E-state index in [1.54, 1.807) is 17.8 Å². The van der Waals surface area contributed by atoms with Crippen LogP contribution in [-0.4, -0.2) is 4.75 Å². The standard InChI is InChI=1S/C10H12ClFS/c1-10(2,3)13-7-4-5-8(11)9(12)6-7/h4-6H,1-3H3. The van der Waals surface area contributed by atoms with Crippen LogP contribution in [0.4, 0.5) is 4.39 Å². The molecular formula is C10H12ClFS. The lowest BCUT2D eigenvalue weighted by molar-refractivity contribution is 0.624. The normalized spacial score (nSPS) is 11.8. The van der Waals surface area contributed by atoms with Crippen LogP contribution in [0.5, 0.6) is 0 Å². The Morgan fingerprint density at radius 2 is 1.92 bits per heavy atom. The van der Waals surface area contributed by atoms with E-state index in [0.717, 1.165) is 4.90 Å². The van der Waals surface area contributed by atoms with E-state index in [9.17, 15) is 4.39 Å². The maximum absolute atomic E-state index is 13.0. The molecule has 0 spiro atoms. The molecule has 0 aromatic heterocycles. The summed E-state index contributed by atoms with van der Waals surface area (Å²) in [4.78, 5) is 0.911. The van der Waals surface area contributed by atoms with Gasteiger partial charge in [0.2, 0.25) is 0 Å². The minimum absolute atomic E-state index is 0.0975. The van der Waals surface area contributed by atoms with E-state index < -0.39 is 0 Å². The molecule has 1 rings (SSSR count). The number of hydrogen-bond donors (Lipinski definition) is 0. The first-order chi connectivity index (χ1) is 5.88. The summed E-state index contributed by atoms with van der Waals surface area (Å²) in [6, 6.07) is 4.89. The van der Waals surface area contributed by atoms with Crippen LogP contribution in [0.3, 0.4) is 0 Å². The first-order valence-electron chi connectivity index (χ1n) is 4.02. The van der Waals surface area contributed by atoms with Crippen LogP contribution in [0.2, 0.25) is 5.02 Å². The summed E-state index contributed by atoms with van der Waals surface area (Å²) in [6.45, 7) is 6.26. The van der Waals surface area contributed by atoms with Crippen LogP contribution in [0.1, 0.15) is 20.8 Å². The third-order valence-electron chi connectivity index (χ3n) is 1.32. The second kappa shape index (κ2) is 3.89. The van der Waals surface area contributed by atoms with E-state index in [4.69, 9.17) is 11.6 Å². The highest BCUT2D eigenvalue weighted by molar-refractivity contribution is 8.00. The maximum Gasteiger partial charge on any atom is 0.142 e. The number of benzene rings is 1. The Bertz CT molecular complexity index is 304. The molecule has 1 aromatic rings. The number of hydrogen-bond acceptors (Lipinski definition) is 1. The Hall–Kier alpha value is -0.210. The lowest BCUT2D eigenvalue weighted by Crippen LogP contribution is -2.06. The van der Waals surface area contributed by atoms with Gasteiger partial charge >= 0.3 is 0 Å². The van der Waals surface area contributed by atoms with Gasteiger partial charge in [-0.25, -0.2) is 4.39 Å². The molecule has 72 valence electrons. The van der Waals surface area contributed by atoms with Crippen molar-refractivity contribution in [2.24, 2.45) is 0 Å². The van der Waals surface area contributed by atoms with Gasteiger partial charge in [-0.1, -0.05) is 32.4 Å². The van der Waals surface area contributed by atoms with Gasteiger partial charge in [-0.15, -0.1) is 11.8 Å². The number of halogens is 2. The van der Waals surface area contributed by atoms with Gasteiger partial charge in [-0.05, 0) is 18.2 Å². The van der Waals surface area contributed by atoms with Gasteiger partial charge in [0.25, 0.3) is 0 Å². The predicted octanol–water partition coefficient (Wildman–Crippen LogP) is 4.37. The van der Waals surface area contributed by atoms with Gasteiger partial charge in [0.1, 0.15) is 5.82 Å². The van der Waals surface area contributed by atoms with E-state index >= 15 is 0 Å². The minimum Gasteiger partial charge on any atom is -0.205 e. The smallest absolute Gasteiger partial charge is 0.142 e. The maximum atomic E-state index is 13.0. The Morgan fingerprint density at radius 3 is 2.38 bits per heavy atom. The van der Waals surface area contributed by atoms with Crippen molar-refractivity contribution in [3.63, 3.8) is 0 Å². The van der Waals surface area contributed by atoms with Crippen molar-refractivity contribution in [1.29, 1.82) is 0 Å². The van der Waals surface area contributed by atoms with E-state index in [-0.39, 0.29) is 15.6 Å².